The normalized spacial score (nSPS) is 14.6. The van der Waals surface area contributed by atoms with E-state index in [2.05, 4.69) is 5.32 Å². The van der Waals surface area contributed by atoms with Gasteiger partial charge in [0.2, 0.25) is 11.8 Å². The summed E-state index contributed by atoms with van der Waals surface area (Å²) in [7, 11) is 0. The van der Waals surface area contributed by atoms with Crippen LogP contribution in [0.15, 0.2) is 60.7 Å². The molecule has 0 atom stereocenters. The fourth-order valence-electron chi connectivity index (χ4n) is 2.99. The average molecular weight is 338 g/mol. The predicted molar refractivity (Wildman–Crippen MR) is 95.1 cm³/mol. The third-order valence-electron chi connectivity index (χ3n) is 4.29. The molecule has 25 heavy (non-hydrogen) atoms. The SMILES string of the molecule is O=C(NCCN1CCOCC1=O)C(c1ccccc1)c1ccccc1. The average Bonchev–Trinajstić information content (AvgIpc) is 2.65. The first kappa shape index (κ1) is 17.2. The smallest absolute Gasteiger partial charge is 0.248 e. The van der Waals surface area contributed by atoms with Crippen LogP contribution < -0.4 is 5.32 Å². The lowest BCUT2D eigenvalue weighted by molar-refractivity contribution is -0.142. The molecule has 1 heterocycles. The lowest BCUT2D eigenvalue weighted by Gasteiger charge is -2.27. The van der Waals surface area contributed by atoms with Crippen molar-refractivity contribution in [2.45, 2.75) is 5.92 Å². The first-order chi connectivity index (χ1) is 12.3. The van der Waals surface area contributed by atoms with E-state index in [1.165, 1.54) is 0 Å². The Labute approximate surface area is 147 Å². The molecule has 1 aliphatic heterocycles. The second-order valence-electron chi connectivity index (χ2n) is 5.98. The minimum atomic E-state index is -0.359. The van der Waals surface area contributed by atoms with E-state index in [1.54, 1.807) is 4.90 Å². The Hall–Kier alpha value is -2.66. The summed E-state index contributed by atoms with van der Waals surface area (Å²) in [6.45, 7) is 2.20. The Kier molecular flexibility index (Phi) is 5.80. The highest BCUT2D eigenvalue weighted by Gasteiger charge is 2.23. The van der Waals surface area contributed by atoms with Crippen molar-refractivity contribution in [2.75, 3.05) is 32.8 Å². The molecular formula is C20H22N2O3. The van der Waals surface area contributed by atoms with E-state index < -0.39 is 0 Å². The van der Waals surface area contributed by atoms with E-state index in [1.807, 2.05) is 60.7 Å². The van der Waals surface area contributed by atoms with Gasteiger partial charge in [0, 0.05) is 19.6 Å². The van der Waals surface area contributed by atoms with Gasteiger partial charge in [0.1, 0.15) is 6.61 Å². The van der Waals surface area contributed by atoms with Gasteiger partial charge >= 0.3 is 0 Å². The van der Waals surface area contributed by atoms with Crippen LogP contribution in [0.1, 0.15) is 17.0 Å². The maximum Gasteiger partial charge on any atom is 0.248 e. The molecule has 1 saturated heterocycles. The Balaban J connectivity index is 1.66. The predicted octanol–water partition coefficient (Wildman–Crippen LogP) is 1.79. The van der Waals surface area contributed by atoms with E-state index in [0.717, 1.165) is 11.1 Å². The molecule has 1 aliphatic rings. The molecule has 0 saturated carbocycles. The van der Waals surface area contributed by atoms with Crippen LogP contribution in [0.3, 0.4) is 0 Å². The van der Waals surface area contributed by atoms with Gasteiger partial charge in [-0.3, -0.25) is 9.59 Å². The highest BCUT2D eigenvalue weighted by molar-refractivity contribution is 5.87. The number of carbonyl (C=O) groups is 2. The summed E-state index contributed by atoms with van der Waals surface area (Å²) in [5.41, 5.74) is 1.90. The van der Waals surface area contributed by atoms with Crippen LogP contribution in [-0.4, -0.2) is 49.6 Å². The van der Waals surface area contributed by atoms with Crippen molar-refractivity contribution >= 4 is 11.8 Å². The molecule has 0 spiro atoms. The molecule has 1 fully saturated rings. The summed E-state index contributed by atoms with van der Waals surface area (Å²) in [6, 6.07) is 19.5. The van der Waals surface area contributed by atoms with Crippen LogP contribution >= 0.6 is 0 Å². The standard InChI is InChI=1S/C20H22N2O3/c23-18-15-25-14-13-22(18)12-11-21-20(24)19(16-7-3-1-4-8-16)17-9-5-2-6-10-17/h1-10,19H,11-15H2,(H,21,24). The highest BCUT2D eigenvalue weighted by atomic mass is 16.5. The maximum absolute atomic E-state index is 12.8. The Morgan fingerprint density at radius 2 is 1.64 bits per heavy atom. The fraction of sp³-hybridized carbons (Fsp3) is 0.300. The quantitative estimate of drug-likeness (QED) is 0.874. The minimum absolute atomic E-state index is 0.0248. The zero-order valence-corrected chi connectivity index (χ0v) is 14.1. The number of amides is 2. The molecular weight excluding hydrogens is 316 g/mol. The number of nitrogens with zero attached hydrogens (tertiary/aromatic N) is 1. The molecule has 2 amide bonds. The summed E-state index contributed by atoms with van der Waals surface area (Å²) in [4.78, 5) is 26.3. The molecule has 0 unspecified atom stereocenters. The first-order valence-electron chi connectivity index (χ1n) is 8.49. The van der Waals surface area contributed by atoms with E-state index >= 15 is 0 Å². The van der Waals surface area contributed by atoms with Crippen molar-refractivity contribution in [1.29, 1.82) is 0 Å². The van der Waals surface area contributed by atoms with Crippen LogP contribution in [0.2, 0.25) is 0 Å². The largest absolute Gasteiger partial charge is 0.370 e. The van der Waals surface area contributed by atoms with Gasteiger partial charge in [-0.2, -0.15) is 0 Å². The summed E-state index contributed by atoms with van der Waals surface area (Å²) in [5.74, 6) is -0.441. The summed E-state index contributed by atoms with van der Waals surface area (Å²) >= 11 is 0. The number of benzene rings is 2. The van der Waals surface area contributed by atoms with Crippen molar-refractivity contribution in [3.63, 3.8) is 0 Å². The van der Waals surface area contributed by atoms with Gasteiger partial charge in [0.15, 0.2) is 0 Å². The third kappa shape index (κ3) is 4.45. The van der Waals surface area contributed by atoms with Gasteiger partial charge in [-0.05, 0) is 11.1 Å². The second kappa shape index (κ2) is 8.44. The molecule has 5 nitrogen and oxygen atoms in total. The Morgan fingerprint density at radius 1 is 1.04 bits per heavy atom. The van der Waals surface area contributed by atoms with Crippen LogP contribution in [-0.2, 0) is 14.3 Å². The van der Waals surface area contributed by atoms with Crippen LogP contribution in [0.5, 0.6) is 0 Å². The molecule has 0 aliphatic carbocycles. The highest BCUT2D eigenvalue weighted by Crippen LogP contribution is 2.24. The molecule has 130 valence electrons. The molecule has 0 bridgehead atoms. The second-order valence-corrected chi connectivity index (χ2v) is 5.98. The topological polar surface area (TPSA) is 58.6 Å². The zero-order valence-electron chi connectivity index (χ0n) is 14.1. The van der Waals surface area contributed by atoms with Gasteiger partial charge in [0.05, 0.1) is 12.5 Å². The number of carbonyl (C=O) groups excluding carboxylic acids is 2. The maximum atomic E-state index is 12.8. The Morgan fingerprint density at radius 3 is 2.20 bits per heavy atom. The lowest BCUT2D eigenvalue weighted by Crippen LogP contribution is -2.45. The van der Waals surface area contributed by atoms with E-state index in [-0.39, 0.29) is 24.3 Å². The lowest BCUT2D eigenvalue weighted by atomic mass is 9.90. The molecule has 1 N–H and O–H groups in total. The van der Waals surface area contributed by atoms with Gasteiger partial charge in [-0.25, -0.2) is 0 Å². The van der Waals surface area contributed by atoms with E-state index in [9.17, 15) is 9.59 Å². The minimum Gasteiger partial charge on any atom is -0.370 e. The van der Waals surface area contributed by atoms with Crippen molar-refractivity contribution in [2.24, 2.45) is 0 Å². The number of rotatable bonds is 6. The number of ether oxygens (including phenoxy) is 1. The van der Waals surface area contributed by atoms with Crippen molar-refractivity contribution < 1.29 is 14.3 Å². The number of nitrogens with one attached hydrogen (secondary N) is 1. The fourth-order valence-corrected chi connectivity index (χ4v) is 2.99. The summed E-state index contributed by atoms with van der Waals surface area (Å²) in [6.07, 6.45) is 0. The van der Waals surface area contributed by atoms with Crippen LogP contribution in [0, 0.1) is 0 Å². The molecule has 5 heteroatoms. The molecule has 0 radical (unpaired) electrons. The van der Waals surface area contributed by atoms with Crippen LogP contribution in [0.25, 0.3) is 0 Å². The van der Waals surface area contributed by atoms with Gasteiger partial charge in [-0.15, -0.1) is 0 Å². The third-order valence-corrected chi connectivity index (χ3v) is 4.29. The first-order valence-corrected chi connectivity index (χ1v) is 8.49. The number of hydrogen-bond donors (Lipinski definition) is 1. The molecule has 3 rings (SSSR count). The molecule has 0 aromatic heterocycles. The van der Waals surface area contributed by atoms with Gasteiger partial charge in [0.25, 0.3) is 0 Å². The van der Waals surface area contributed by atoms with Crippen molar-refractivity contribution in [1.82, 2.24) is 10.2 Å². The van der Waals surface area contributed by atoms with Crippen LogP contribution in [0.4, 0.5) is 0 Å². The van der Waals surface area contributed by atoms with Crippen molar-refractivity contribution in [3.8, 4) is 0 Å². The monoisotopic (exact) mass is 338 g/mol. The number of hydrogen-bond acceptors (Lipinski definition) is 3. The van der Waals surface area contributed by atoms with Gasteiger partial charge < -0.3 is 15.0 Å². The number of morpholine rings is 1. The summed E-state index contributed by atoms with van der Waals surface area (Å²) in [5, 5.41) is 2.97. The Bertz CT molecular complexity index is 664. The van der Waals surface area contributed by atoms with E-state index in [4.69, 9.17) is 4.74 Å². The van der Waals surface area contributed by atoms with E-state index in [0.29, 0.717) is 26.2 Å². The molecule has 2 aromatic carbocycles. The van der Waals surface area contributed by atoms with Crippen molar-refractivity contribution in [3.05, 3.63) is 71.8 Å². The molecule has 2 aromatic rings. The zero-order chi connectivity index (χ0) is 17.5. The summed E-state index contributed by atoms with van der Waals surface area (Å²) < 4.78 is 5.11. The van der Waals surface area contributed by atoms with Gasteiger partial charge in [-0.1, -0.05) is 60.7 Å².